The van der Waals surface area contributed by atoms with Crippen LogP contribution in [0.25, 0.3) is 0 Å². The molecule has 0 saturated heterocycles. The lowest BCUT2D eigenvalue weighted by Crippen LogP contribution is -2.29. The van der Waals surface area contributed by atoms with E-state index in [9.17, 15) is 0 Å². The van der Waals surface area contributed by atoms with Gasteiger partial charge in [0.15, 0.2) is 0 Å². The van der Waals surface area contributed by atoms with E-state index < -0.39 is 0 Å². The van der Waals surface area contributed by atoms with E-state index >= 15 is 0 Å². The minimum Gasteiger partial charge on any atom is -0.488 e. The molecule has 0 atom stereocenters. The Kier molecular flexibility index (Phi) is 8.95. The first-order valence-corrected chi connectivity index (χ1v) is 8.01. The Hall–Kier alpha value is -0.0600. The molecule has 0 aliphatic rings. The number of benzene rings is 1. The summed E-state index contributed by atoms with van der Waals surface area (Å²) in [6.07, 6.45) is 0.608. The zero-order valence-corrected chi connectivity index (χ0v) is 15.5. The van der Waals surface area contributed by atoms with E-state index in [-0.39, 0.29) is 12.2 Å². The molecule has 110 valence electrons. The molecule has 0 saturated carbocycles. The zero-order chi connectivity index (χ0) is 15.1. The van der Waals surface area contributed by atoms with Crippen molar-refractivity contribution in [3.05, 3.63) is 27.1 Å². The molecule has 0 aliphatic carbocycles. The summed E-state index contributed by atoms with van der Waals surface area (Å²) in [5.74, 6) is 1.62. The van der Waals surface area contributed by atoms with Gasteiger partial charge in [0.05, 0.1) is 0 Å². The fourth-order valence-electron chi connectivity index (χ4n) is 1.23. The highest BCUT2D eigenvalue weighted by Crippen LogP contribution is 2.28. The topological polar surface area (TPSA) is 29.5 Å². The molecule has 1 aromatic carbocycles. The maximum absolute atomic E-state index is 8.89. The van der Waals surface area contributed by atoms with Gasteiger partial charge in [-0.25, -0.2) is 0 Å². The molecule has 2 nitrogen and oxygen atoms in total. The van der Waals surface area contributed by atoms with E-state index in [2.05, 4.69) is 52.6 Å². The molecule has 0 fully saturated rings. The third-order valence-electron chi connectivity index (χ3n) is 1.94. The Morgan fingerprint density at radius 1 is 1.11 bits per heavy atom. The van der Waals surface area contributed by atoms with E-state index in [1.165, 1.54) is 0 Å². The van der Waals surface area contributed by atoms with Crippen LogP contribution >= 0.6 is 31.9 Å². The first-order valence-electron chi connectivity index (χ1n) is 6.42. The van der Waals surface area contributed by atoms with Gasteiger partial charge in [-0.3, -0.25) is 0 Å². The van der Waals surface area contributed by atoms with Gasteiger partial charge in [0, 0.05) is 22.0 Å². The minimum atomic E-state index is -0.352. The number of hydrogen-bond donors (Lipinski definition) is 1. The van der Waals surface area contributed by atoms with Crippen LogP contribution in [0.4, 0.5) is 0 Å². The maximum atomic E-state index is 8.89. The van der Waals surface area contributed by atoms with Crippen LogP contribution < -0.4 is 4.74 Å². The number of rotatable bonds is 4. The maximum Gasteiger partial charge on any atom is 0.122 e. The monoisotopic (exact) mass is 394 g/mol. The molecule has 0 unspecified atom stereocenters. The average molecular weight is 396 g/mol. The van der Waals surface area contributed by atoms with Crippen molar-refractivity contribution in [3.8, 4) is 5.75 Å². The lowest BCUT2D eigenvalue weighted by Gasteiger charge is -2.25. The number of halogens is 2. The van der Waals surface area contributed by atoms with Crippen molar-refractivity contribution in [2.75, 3.05) is 6.61 Å². The Morgan fingerprint density at radius 2 is 1.53 bits per heavy atom. The van der Waals surface area contributed by atoms with Crippen molar-refractivity contribution in [1.82, 2.24) is 0 Å². The molecule has 0 aliphatic heterocycles. The Morgan fingerprint density at radius 3 is 1.89 bits per heavy atom. The number of aliphatic hydroxyl groups excluding tert-OH is 1. The summed E-state index contributed by atoms with van der Waals surface area (Å²) in [5.41, 5.74) is -0.352. The smallest absolute Gasteiger partial charge is 0.122 e. The van der Waals surface area contributed by atoms with Gasteiger partial charge in [-0.2, -0.15) is 0 Å². The molecular formula is C15H24Br2O2. The summed E-state index contributed by atoms with van der Waals surface area (Å²) in [7, 11) is 0. The van der Waals surface area contributed by atoms with E-state index in [1.54, 1.807) is 0 Å². The molecule has 1 N–H and O–H groups in total. The summed E-state index contributed by atoms with van der Waals surface area (Å²) in [5, 5.41) is 8.89. The molecule has 1 rings (SSSR count). The third kappa shape index (κ3) is 10.4. The highest BCUT2D eigenvalue weighted by atomic mass is 79.9. The lowest BCUT2D eigenvalue weighted by molar-refractivity contribution is 0.0764. The molecule has 0 radical (unpaired) electrons. The van der Waals surface area contributed by atoms with Crippen LogP contribution in [0.5, 0.6) is 5.75 Å². The Bertz CT molecular complexity index is 353. The predicted octanol–water partition coefficient (Wildman–Crippen LogP) is 5.41. The van der Waals surface area contributed by atoms with Crippen molar-refractivity contribution in [1.29, 1.82) is 0 Å². The van der Waals surface area contributed by atoms with Crippen LogP contribution in [0.1, 0.15) is 41.0 Å². The fourth-order valence-corrected chi connectivity index (χ4v) is 2.48. The van der Waals surface area contributed by atoms with Gasteiger partial charge in [-0.05, 0) is 38.0 Å². The standard InChI is InChI=1S/C11H14Br2O2.C4H10/c1-11(2,3-4-14)15-10-6-8(12)5-9(13)7-10;1-4(2)3/h5-7,14H,3-4H2,1-2H3;4H,1-3H3. The molecule has 0 spiro atoms. The van der Waals surface area contributed by atoms with Gasteiger partial charge in [0.2, 0.25) is 0 Å². The second-order valence-electron chi connectivity index (χ2n) is 5.67. The third-order valence-corrected chi connectivity index (χ3v) is 2.86. The highest BCUT2D eigenvalue weighted by Gasteiger charge is 2.19. The first-order chi connectivity index (χ1) is 8.66. The molecule has 0 heterocycles. The number of aliphatic hydroxyl groups is 1. The second kappa shape index (κ2) is 8.98. The van der Waals surface area contributed by atoms with Crippen LogP contribution in [-0.4, -0.2) is 17.3 Å². The van der Waals surface area contributed by atoms with Crippen molar-refractivity contribution in [2.24, 2.45) is 5.92 Å². The molecule has 0 bridgehead atoms. The molecule has 1 aromatic rings. The van der Waals surface area contributed by atoms with Gasteiger partial charge in [0.1, 0.15) is 11.4 Å². The Labute approximate surface area is 133 Å². The quantitative estimate of drug-likeness (QED) is 0.737. The summed E-state index contributed by atoms with van der Waals surface area (Å²) in [4.78, 5) is 0. The lowest BCUT2D eigenvalue weighted by atomic mass is 10.1. The SMILES string of the molecule is CC(C)(CCO)Oc1cc(Br)cc(Br)c1.CC(C)C. The number of ether oxygens (including phenoxy) is 1. The van der Waals surface area contributed by atoms with E-state index in [0.717, 1.165) is 20.6 Å². The normalized spacial score (nSPS) is 11.0. The molecule has 0 aromatic heterocycles. The van der Waals surface area contributed by atoms with Crippen LogP contribution in [0.2, 0.25) is 0 Å². The van der Waals surface area contributed by atoms with Crippen molar-refractivity contribution in [2.45, 2.75) is 46.6 Å². The van der Waals surface area contributed by atoms with E-state index in [1.807, 2.05) is 32.0 Å². The first kappa shape index (κ1) is 18.9. The van der Waals surface area contributed by atoms with Gasteiger partial charge in [0.25, 0.3) is 0 Å². The number of hydrogen-bond acceptors (Lipinski definition) is 2. The van der Waals surface area contributed by atoms with Crippen LogP contribution in [-0.2, 0) is 0 Å². The van der Waals surface area contributed by atoms with Gasteiger partial charge >= 0.3 is 0 Å². The zero-order valence-electron chi connectivity index (χ0n) is 12.3. The molecule has 0 amide bonds. The summed E-state index contributed by atoms with van der Waals surface area (Å²) < 4.78 is 7.71. The van der Waals surface area contributed by atoms with Crippen LogP contribution in [0, 0.1) is 5.92 Å². The summed E-state index contributed by atoms with van der Waals surface area (Å²) >= 11 is 6.80. The second-order valence-corrected chi connectivity index (χ2v) is 7.50. The van der Waals surface area contributed by atoms with Crippen LogP contribution in [0.15, 0.2) is 27.1 Å². The predicted molar refractivity (Wildman–Crippen MR) is 88.8 cm³/mol. The fraction of sp³-hybridized carbons (Fsp3) is 0.600. The highest BCUT2D eigenvalue weighted by molar-refractivity contribution is 9.11. The molecule has 19 heavy (non-hydrogen) atoms. The van der Waals surface area contributed by atoms with Gasteiger partial charge in [-0.15, -0.1) is 0 Å². The van der Waals surface area contributed by atoms with Gasteiger partial charge < -0.3 is 9.84 Å². The van der Waals surface area contributed by atoms with Crippen LogP contribution in [0.3, 0.4) is 0 Å². The van der Waals surface area contributed by atoms with Crippen molar-refractivity contribution >= 4 is 31.9 Å². The van der Waals surface area contributed by atoms with Crippen molar-refractivity contribution in [3.63, 3.8) is 0 Å². The molecule has 4 heteroatoms. The molecular weight excluding hydrogens is 372 g/mol. The van der Waals surface area contributed by atoms with Gasteiger partial charge in [-0.1, -0.05) is 52.6 Å². The van der Waals surface area contributed by atoms with E-state index in [4.69, 9.17) is 9.84 Å². The van der Waals surface area contributed by atoms with E-state index in [0.29, 0.717) is 6.42 Å². The summed E-state index contributed by atoms with van der Waals surface area (Å²) in [6.45, 7) is 10.5. The largest absolute Gasteiger partial charge is 0.488 e. The Balaban J connectivity index is 0.000000711. The summed E-state index contributed by atoms with van der Waals surface area (Å²) in [6, 6.07) is 5.76. The average Bonchev–Trinajstić information content (AvgIpc) is 2.12. The van der Waals surface area contributed by atoms with Crippen molar-refractivity contribution < 1.29 is 9.84 Å². The minimum absolute atomic E-state index is 0.127.